The van der Waals surface area contributed by atoms with E-state index in [2.05, 4.69) is 5.10 Å². The highest BCUT2D eigenvalue weighted by molar-refractivity contribution is 5.85. The molecule has 82 valence electrons. The summed E-state index contributed by atoms with van der Waals surface area (Å²) in [5.41, 5.74) is 8.58. The lowest BCUT2D eigenvalue weighted by atomic mass is 10.1. The van der Waals surface area contributed by atoms with Crippen LogP contribution in [0.3, 0.4) is 0 Å². The molecule has 0 radical (unpaired) electrons. The number of aromatic nitrogens is 2. The molecule has 2 N–H and O–H groups in total. The summed E-state index contributed by atoms with van der Waals surface area (Å²) in [6, 6.07) is 10.0. The Hall–Kier alpha value is -1.19. The van der Waals surface area contributed by atoms with Crippen molar-refractivity contribution in [2.24, 2.45) is 7.05 Å². The predicted molar refractivity (Wildman–Crippen MR) is 67.6 cm³/mol. The van der Waals surface area contributed by atoms with Crippen LogP contribution in [0.25, 0.3) is 11.3 Å². The maximum absolute atomic E-state index is 5.79. The van der Waals surface area contributed by atoms with Crippen LogP contribution in [-0.4, -0.2) is 9.78 Å². The van der Waals surface area contributed by atoms with Crippen LogP contribution in [0.15, 0.2) is 36.5 Å². The smallest absolute Gasteiger partial charge is 0.0908 e. The van der Waals surface area contributed by atoms with Crippen LogP contribution in [-0.2, 0) is 7.05 Å². The summed E-state index contributed by atoms with van der Waals surface area (Å²) in [6.07, 6.45) is 1.67. The number of aryl methyl sites for hydroxylation is 1. The molecule has 15 heavy (non-hydrogen) atoms. The second-order valence-electron chi connectivity index (χ2n) is 2.94. The Bertz CT molecular complexity index is 392. The van der Waals surface area contributed by atoms with Gasteiger partial charge in [0, 0.05) is 12.6 Å². The summed E-state index contributed by atoms with van der Waals surface area (Å²) >= 11 is 0. The van der Waals surface area contributed by atoms with Crippen LogP contribution >= 0.6 is 24.8 Å². The number of halogens is 2. The molecule has 0 atom stereocenters. The Morgan fingerprint density at radius 3 is 2.20 bits per heavy atom. The van der Waals surface area contributed by atoms with Crippen LogP contribution < -0.4 is 5.73 Å². The lowest BCUT2D eigenvalue weighted by molar-refractivity contribution is 0.776. The zero-order valence-corrected chi connectivity index (χ0v) is 9.89. The van der Waals surface area contributed by atoms with Gasteiger partial charge in [-0.05, 0) is 0 Å². The largest absolute Gasteiger partial charge is 0.396 e. The van der Waals surface area contributed by atoms with Crippen molar-refractivity contribution >= 4 is 30.5 Å². The van der Waals surface area contributed by atoms with Crippen molar-refractivity contribution in [3.05, 3.63) is 36.5 Å². The lowest BCUT2D eigenvalue weighted by Gasteiger charge is -2.02. The van der Waals surface area contributed by atoms with Crippen molar-refractivity contribution < 1.29 is 0 Å². The highest BCUT2D eigenvalue weighted by Gasteiger charge is 2.06. The topological polar surface area (TPSA) is 43.8 Å². The van der Waals surface area contributed by atoms with E-state index >= 15 is 0 Å². The first-order valence-electron chi connectivity index (χ1n) is 4.12. The molecule has 1 aromatic heterocycles. The van der Waals surface area contributed by atoms with E-state index in [1.165, 1.54) is 0 Å². The second-order valence-corrected chi connectivity index (χ2v) is 2.94. The van der Waals surface area contributed by atoms with Gasteiger partial charge in [0.15, 0.2) is 0 Å². The molecule has 0 fully saturated rings. The molecular weight excluding hydrogens is 233 g/mol. The Kier molecular flexibility index (Phi) is 5.19. The SMILES string of the molecule is Cl.Cl.Cn1ncc(N)c1-c1ccccc1. The number of anilines is 1. The molecule has 1 heterocycles. The minimum atomic E-state index is 0. The zero-order chi connectivity index (χ0) is 9.26. The zero-order valence-electron chi connectivity index (χ0n) is 8.25. The van der Waals surface area contributed by atoms with Gasteiger partial charge < -0.3 is 5.73 Å². The number of benzene rings is 1. The summed E-state index contributed by atoms with van der Waals surface area (Å²) < 4.78 is 1.78. The van der Waals surface area contributed by atoms with Gasteiger partial charge in [0.25, 0.3) is 0 Å². The van der Waals surface area contributed by atoms with E-state index in [4.69, 9.17) is 5.73 Å². The minimum absolute atomic E-state index is 0. The van der Waals surface area contributed by atoms with Gasteiger partial charge in [-0.2, -0.15) is 5.10 Å². The Morgan fingerprint density at radius 2 is 1.73 bits per heavy atom. The molecule has 0 saturated heterocycles. The Balaban J connectivity index is 0.000000980. The summed E-state index contributed by atoms with van der Waals surface area (Å²) in [4.78, 5) is 0. The molecule has 5 heteroatoms. The fourth-order valence-electron chi connectivity index (χ4n) is 1.40. The molecule has 0 aliphatic carbocycles. The monoisotopic (exact) mass is 245 g/mol. The van der Waals surface area contributed by atoms with Gasteiger partial charge in [0.1, 0.15) is 0 Å². The number of nitrogen functional groups attached to an aromatic ring is 1. The third-order valence-electron chi connectivity index (χ3n) is 2.01. The average Bonchev–Trinajstić information content (AvgIpc) is 2.48. The standard InChI is InChI=1S/C10H11N3.2ClH/c1-13-10(9(11)7-12-13)8-5-3-2-4-6-8;;/h2-7H,11H2,1H3;2*1H. The van der Waals surface area contributed by atoms with Crippen molar-refractivity contribution in [2.45, 2.75) is 0 Å². The number of hydrogen-bond donors (Lipinski definition) is 1. The van der Waals surface area contributed by atoms with Gasteiger partial charge in [-0.1, -0.05) is 30.3 Å². The van der Waals surface area contributed by atoms with Gasteiger partial charge in [-0.15, -0.1) is 24.8 Å². The van der Waals surface area contributed by atoms with Gasteiger partial charge in [0.05, 0.1) is 17.6 Å². The summed E-state index contributed by atoms with van der Waals surface area (Å²) in [5.74, 6) is 0. The van der Waals surface area contributed by atoms with Crippen LogP contribution in [0, 0.1) is 0 Å². The first kappa shape index (κ1) is 13.8. The molecule has 0 amide bonds. The van der Waals surface area contributed by atoms with Crippen LogP contribution in [0.5, 0.6) is 0 Å². The molecule has 3 nitrogen and oxygen atoms in total. The third-order valence-corrected chi connectivity index (χ3v) is 2.01. The fraction of sp³-hybridized carbons (Fsp3) is 0.100. The lowest BCUT2D eigenvalue weighted by Crippen LogP contribution is -1.95. The van der Waals surface area contributed by atoms with E-state index < -0.39 is 0 Å². The summed E-state index contributed by atoms with van der Waals surface area (Å²) in [6.45, 7) is 0. The quantitative estimate of drug-likeness (QED) is 0.840. The molecular formula is C10H13Cl2N3. The fourth-order valence-corrected chi connectivity index (χ4v) is 1.40. The van der Waals surface area contributed by atoms with Gasteiger partial charge in [-0.25, -0.2) is 0 Å². The van der Waals surface area contributed by atoms with E-state index in [-0.39, 0.29) is 24.8 Å². The van der Waals surface area contributed by atoms with Gasteiger partial charge in [-0.3, -0.25) is 4.68 Å². The van der Waals surface area contributed by atoms with Crippen molar-refractivity contribution in [3.63, 3.8) is 0 Å². The third kappa shape index (κ3) is 2.64. The van der Waals surface area contributed by atoms with Gasteiger partial charge in [0.2, 0.25) is 0 Å². The van der Waals surface area contributed by atoms with E-state index in [1.807, 2.05) is 37.4 Å². The first-order valence-corrected chi connectivity index (χ1v) is 4.12. The highest BCUT2D eigenvalue weighted by atomic mass is 35.5. The van der Waals surface area contributed by atoms with Crippen molar-refractivity contribution in [1.82, 2.24) is 9.78 Å². The van der Waals surface area contributed by atoms with Gasteiger partial charge >= 0.3 is 0 Å². The first-order chi connectivity index (χ1) is 6.29. The Labute approximate surface area is 101 Å². The summed E-state index contributed by atoms with van der Waals surface area (Å²) in [7, 11) is 1.89. The Morgan fingerprint density at radius 1 is 1.13 bits per heavy atom. The van der Waals surface area contributed by atoms with E-state index in [0.717, 1.165) is 11.3 Å². The molecule has 2 aromatic rings. The van der Waals surface area contributed by atoms with Crippen LogP contribution in [0.4, 0.5) is 5.69 Å². The number of rotatable bonds is 1. The average molecular weight is 246 g/mol. The number of nitrogens with zero attached hydrogens (tertiary/aromatic N) is 2. The molecule has 2 rings (SSSR count). The molecule has 0 bridgehead atoms. The molecule has 0 unspecified atom stereocenters. The molecule has 0 spiro atoms. The molecule has 0 saturated carbocycles. The second kappa shape index (κ2) is 5.63. The predicted octanol–water partition coefficient (Wildman–Crippen LogP) is 2.51. The van der Waals surface area contributed by atoms with Crippen molar-refractivity contribution in [2.75, 3.05) is 5.73 Å². The maximum atomic E-state index is 5.79. The summed E-state index contributed by atoms with van der Waals surface area (Å²) in [5, 5.41) is 4.08. The normalized spacial score (nSPS) is 8.87. The van der Waals surface area contributed by atoms with Crippen LogP contribution in [0.2, 0.25) is 0 Å². The maximum Gasteiger partial charge on any atom is 0.0908 e. The molecule has 0 aliphatic rings. The highest BCUT2D eigenvalue weighted by Crippen LogP contribution is 2.23. The minimum Gasteiger partial charge on any atom is -0.396 e. The molecule has 0 aliphatic heterocycles. The molecule has 1 aromatic carbocycles. The van der Waals surface area contributed by atoms with E-state index in [0.29, 0.717) is 5.69 Å². The van der Waals surface area contributed by atoms with Crippen molar-refractivity contribution in [3.8, 4) is 11.3 Å². The number of hydrogen-bond acceptors (Lipinski definition) is 2. The van der Waals surface area contributed by atoms with E-state index in [1.54, 1.807) is 10.9 Å². The van der Waals surface area contributed by atoms with E-state index in [9.17, 15) is 0 Å². The van der Waals surface area contributed by atoms with Crippen LogP contribution in [0.1, 0.15) is 0 Å². The number of nitrogens with two attached hydrogens (primary N) is 1. The van der Waals surface area contributed by atoms with Crippen molar-refractivity contribution in [1.29, 1.82) is 0 Å².